The Morgan fingerprint density at radius 2 is 0.904 bits per heavy atom. The Kier molecular flexibility index (Phi) is 48.5. The van der Waals surface area contributed by atoms with Crippen molar-refractivity contribution in [3.8, 4) is 0 Å². The number of hydrogen-bond donors (Lipinski definition) is 4. The molecule has 1 saturated heterocycles. The maximum absolute atomic E-state index is 13.0. The van der Waals surface area contributed by atoms with Crippen LogP contribution >= 0.6 is 0 Å². The summed E-state index contributed by atoms with van der Waals surface area (Å²) >= 11 is 0. The number of aliphatic hydroxyl groups is 3. The number of unbranched alkanes of at least 4 members (excludes halogenated alkanes) is 35. The second kappa shape index (κ2) is 51.1. The molecule has 1 aliphatic heterocycles. The van der Waals surface area contributed by atoms with E-state index in [9.17, 15) is 33.1 Å². The molecule has 0 saturated carbocycles. The minimum absolute atomic E-state index is 0.0376. The van der Waals surface area contributed by atoms with E-state index in [1.54, 1.807) is 0 Å². The van der Waals surface area contributed by atoms with Crippen LogP contribution in [-0.2, 0) is 38.3 Å². The molecule has 0 spiro atoms. The third kappa shape index (κ3) is 44.1. The quantitative estimate of drug-likeness (QED) is 0.0196. The summed E-state index contributed by atoms with van der Waals surface area (Å²) < 4.78 is 59.5. The van der Waals surface area contributed by atoms with Gasteiger partial charge in [-0.3, -0.25) is 9.35 Å². The van der Waals surface area contributed by atoms with Gasteiger partial charge in [-0.1, -0.05) is 256 Å². The molecule has 1 rings (SSSR count). The van der Waals surface area contributed by atoms with Crippen LogP contribution in [0.15, 0.2) is 36.5 Å². The Labute approximate surface area is 447 Å². The summed E-state index contributed by atoms with van der Waals surface area (Å²) in [4.78, 5) is 13.0. The van der Waals surface area contributed by atoms with E-state index in [1.807, 2.05) is 0 Å². The first-order valence-corrected chi connectivity index (χ1v) is 31.6. The Bertz CT molecular complexity index is 1410. The van der Waals surface area contributed by atoms with Crippen LogP contribution in [0.2, 0.25) is 0 Å². The average molecular weight is 1060 g/mol. The first kappa shape index (κ1) is 69.3. The lowest BCUT2D eigenvalue weighted by molar-refractivity contribution is -0.301. The molecule has 6 unspecified atom stereocenters. The highest BCUT2D eigenvalue weighted by Gasteiger charge is 2.48. The van der Waals surface area contributed by atoms with Crippen molar-refractivity contribution >= 4 is 16.4 Å². The Hall–Kier alpha value is -1.68. The molecular formula is C60H112O12S. The molecule has 73 heavy (non-hydrogen) atoms. The Morgan fingerprint density at radius 1 is 0.521 bits per heavy atom. The minimum Gasteiger partial charge on any atom is -0.457 e. The van der Waals surface area contributed by atoms with Gasteiger partial charge in [0.25, 0.3) is 0 Å². The van der Waals surface area contributed by atoms with Gasteiger partial charge in [-0.25, -0.2) is 4.18 Å². The topological polar surface area (TPSA) is 178 Å². The summed E-state index contributed by atoms with van der Waals surface area (Å²) in [5.74, 6) is -0.394. The molecule has 0 radical (unpaired) electrons. The lowest BCUT2D eigenvalue weighted by Gasteiger charge is -2.41. The molecule has 0 amide bonds. The zero-order chi connectivity index (χ0) is 53.1. The van der Waals surface area contributed by atoms with Gasteiger partial charge in [0, 0.05) is 13.0 Å². The summed E-state index contributed by atoms with van der Waals surface area (Å²) in [6, 6.07) is 0. The molecule has 1 fully saturated rings. The lowest BCUT2D eigenvalue weighted by atomic mass is 9.99. The SMILES string of the molecule is CCCCCCC/C=C\C/C=C\C/C=C\CCCCCCCCCCCCCOCC(COC1OC(CO)C(O)C(OS(=O)(=O)O)C1O)OC(=O)CCCCCCCCCCCCCCCCCCCCCC. The van der Waals surface area contributed by atoms with Gasteiger partial charge in [0.15, 0.2) is 6.29 Å². The number of allylic oxidation sites excluding steroid dienone is 6. The van der Waals surface area contributed by atoms with Crippen LogP contribution in [0.3, 0.4) is 0 Å². The number of aliphatic hydroxyl groups excluding tert-OH is 3. The molecule has 1 heterocycles. The first-order valence-electron chi connectivity index (χ1n) is 30.2. The number of carbonyl (C=O) groups is 1. The van der Waals surface area contributed by atoms with E-state index in [0.29, 0.717) is 13.0 Å². The highest BCUT2D eigenvalue weighted by molar-refractivity contribution is 7.80. The molecule has 0 aromatic heterocycles. The predicted molar refractivity (Wildman–Crippen MR) is 299 cm³/mol. The molecular weight excluding hydrogens is 945 g/mol. The zero-order valence-electron chi connectivity index (χ0n) is 46.7. The van der Waals surface area contributed by atoms with Crippen LogP contribution < -0.4 is 0 Å². The summed E-state index contributed by atoms with van der Waals surface area (Å²) in [5, 5.41) is 30.9. The molecule has 430 valence electrons. The Balaban J connectivity index is 2.27. The van der Waals surface area contributed by atoms with E-state index < -0.39 is 59.8 Å². The summed E-state index contributed by atoms with van der Waals surface area (Å²) in [6.07, 6.45) is 54.7. The lowest BCUT2D eigenvalue weighted by Crippen LogP contribution is -2.60. The van der Waals surface area contributed by atoms with Crippen molar-refractivity contribution in [1.29, 1.82) is 0 Å². The fraction of sp³-hybridized carbons (Fsp3) is 0.883. The minimum atomic E-state index is -5.07. The smallest absolute Gasteiger partial charge is 0.397 e. The molecule has 6 atom stereocenters. The number of esters is 1. The van der Waals surface area contributed by atoms with Crippen LogP contribution in [0.25, 0.3) is 0 Å². The van der Waals surface area contributed by atoms with Gasteiger partial charge in [0.05, 0.1) is 19.8 Å². The molecule has 13 heteroatoms. The van der Waals surface area contributed by atoms with E-state index in [1.165, 1.54) is 199 Å². The second-order valence-corrected chi connectivity index (χ2v) is 22.0. The average Bonchev–Trinajstić information content (AvgIpc) is 3.37. The van der Waals surface area contributed by atoms with Gasteiger partial charge >= 0.3 is 16.4 Å². The summed E-state index contributed by atoms with van der Waals surface area (Å²) in [6.45, 7) is 4.03. The third-order valence-electron chi connectivity index (χ3n) is 14.0. The normalized spacial score (nSPS) is 19.0. The van der Waals surface area contributed by atoms with E-state index in [-0.39, 0.29) is 19.6 Å². The van der Waals surface area contributed by atoms with Crippen LogP contribution in [-0.4, -0.2) is 97.5 Å². The van der Waals surface area contributed by atoms with Gasteiger partial charge in [0.1, 0.15) is 30.5 Å². The number of hydrogen-bond acceptors (Lipinski definition) is 11. The summed E-state index contributed by atoms with van der Waals surface area (Å²) in [5.41, 5.74) is 0. The first-order chi connectivity index (χ1) is 35.6. The van der Waals surface area contributed by atoms with Crippen LogP contribution in [0.5, 0.6) is 0 Å². The maximum atomic E-state index is 13.0. The number of ether oxygens (including phenoxy) is 4. The van der Waals surface area contributed by atoms with Crippen molar-refractivity contribution < 1.29 is 56.2 Å². The van der Waals surface area contributed by atoms with Crippen molar-refractivity contribution in [3.63, 3.8) is 0 Å². The van der Waals surface area contributed by atoms with Gasteiger partial charge in [0.2, 0.25) is 0 Å². The van der Waals surface area contributed by atoms with Gasteiger partial charge in [-0.05, 0) is 51.4 Å². The van der Waals surface area contributed by atoms with Crippen LogP contribution in [0.4, 0.5) is 0 Å². The van der Waals surface area contributed by atoms with Gasteiger partial charge in [-0.2, -0.15) is 8.42 Å². The highest BCUT2D eigenvalue weighted by atomic mass is 32.3. The van der Waals surface area contributed by atoms with E-state index in [4.69, 9.17) is 18.9 Å². The molecule has 0 aromatic rings. The number of rotatable bonds is 54. The largest absolute Gasteiger partial charge is 0.457 e. The Morgan fingerprint density at radius 3 is 1.32 bits per heavy atom. The van der Waals surface area contributed by atoms with Gasteiger partial charge < -0.3 is 34.3 Å². The van der Waals surface area contributed by atoms with Crippen LogP contribution in [0.1, 0.15) is 277 Å². The molecule has 0 aromatic carbocycles. The van der Waals surface area contributed by atoms with Crippen molar-refractivity contribution in [2.75, 3.05) is 26.4 Å². The monoisotopic (exact) mass is 1060 g/mol. The number of carbonyl (C=O) groups excluding carboxylic acids is 1. The standard InChI is InChI=1S/C60H112O12S/c1-3-5-7-9-11-13-15-17-19-21-23-25-26-27-28-29-30-32-34-36-38-40-42-44-46-48-50-68-52-54(53-69-60-58(64)59(72-73(65,66)67)57(63)55(51-61)71-60)70-56(62)49-47-45-43-41-39-37-35-33-31-24-22-20-18-16-14-12-10-8-6-4-2/h15,17,21,23,26-27,54-55,57-61,63-64H,3-14,16,18-20,22,24-25,28-53H2,1-2H3,(H,65,66,67)/b17-15-,23-21-,27-26-. The zero-order valence-corrected chi connectivity index (χ0v) is 47.5. The molecule has 0 aliphatic carbocycles. The highest BCUT2D eigenvalue weighted by Crippen LogP contribution is 2.26. The van der Waals surface area contributed by atoms with E-state index >= 15 is 0 Å². The molecule has 12 nitrogen and oxygen atoms in total. The van der Waals surface area contributed by atoms with Crippen molar-refractivity contribution in [2.24, 2.45) is 0 Å². The second-order valence-electron chi connectivity index (χ2n) is 20.9. The molecule has 0 bridgehead atoms. The van der Waals surface area contributed by atoms with Crippen molar-refractivity contribution in [1.82, 2.24) is 0 Å². The van der Waals surface area contributed by atoms with E-state index in [2.05, 4.69) is 54.5 Å². The summed E-state index contributed by atoms with van der Waals surface area (Å²) in [7, 11) is -5.07. The fourth-order valence-electron chi connectivity index (χ4n) is 9.45. The molecule has 1 aliphatic rings. The molecule has 4 N–H and O–H groups in total. The van der Waals surface area contributed by atoms with Crippen molar-refractivity contribution in [3.05, 3.63) is 36.5 Å². The maximum Gasteiger partial charge on any atom is 0.397 e. The van der Waals surface area contributed by atoms with E-state index in [0.717, 1.165) is 51.4 Å². The fourth-order valence-corrected chi connectivity index (χ4v) is 9.96. The van der Waals surface area contributed by atoms with Crippen LogP contribution in [0, 0.1) is 0 Å². The third-order valence-corrected chi connectivity index (χ3v) is 14.5. The predicted octanol–water partition coefficient (Wildman–Crippen LogP) is 15.3. The van der Waals surface area contributed by atoms with Gasteiger partial charge in [-0.15, -0.1) is 0 Å². The van der Waals surface area contributed by atoms with Crippen molar-refractivity contribution in [2.45, 2.75) is 314 Å².